The Kier molecular flexibility index (Phi) is 6.86. The normalized spacial score (nSPS) is 12.1. The van der Waals surface area contributed by atoms with Crippen LogP contribution in [0.5, 0.6) is 0 Å². The van der Waals surface area contributed by atoms with Gasteiger partial charge in [-0.3, -0.25) is 0 Å². The predicted octanol–water partition coefficient (Wildman–Crippen LogP) is 6.20. The van der Waals surface area contributed by atoms with Gasteiger partial charge in [0.1, 0.15) is 0 Å². The van der Waals surface area contributed by atoms with E-state index in [1.54, 1.807) is 7.05 Å². The zero-order valence-electron chi connectivity index (χ0n) is 15.2. The monoisotopic (exact) mass is 321 g/mol. The minimum Gasteiger partial charge on any atom is -0.172 e. The summed E-state index contributed by atoms with van der Waals surface area (Å²) >= 11 is 0. The van der Waals surface area contributed by atoms with Gasteiger partial charge in [-0.15, -0.1) is 5.10 Å². The molecule has 0 bridgehead atoms. The van der Waals surface area contributed by atoms with Crippen LogP contribution < -0.4 is 0 Å². The van der Waals surface area contributed by atoms with Gasteiger partial charge in [0.05, 0.1) is 12.8 Å². The number of unbranched alkanes of at least 4 members (excludes halogenated alkanes) is 1. The molecule has 0 radical (unpaired) electrons. The quantitative estimate of drug-likeness (QED) is 0.331. The molecule has 0 heterocycles. The molecule has 0 unspecified atom stereocenters. The van der Waals surface area contributed by atoms with Gasteiger partial charge in [-0.25, -0.2) is 0 Å². The SMILES string of the molecule is CCCCc1ccc(-c2ccccc2C(CC)=NN=NC)cc1C. The maximum absolute atomic E-state index is 4.27. The molecule has 3 nitrogen and oxygen atoms in total. The van der Waals surface area contributed by atoms with Crippen LogP contribution in [-0.4, -0.2) is 12.8 Å². The Balaban J connectivity index is 2.44. The van der Waals surface area contributed by atoms with Crippen LogP contribution in [0.2, 0.25) is 0 Å². The van der Waals surface area contributed by atoms with Crippen molar-refractivity contribution in [2.75, 3.05) is 7.05 Å². The summed E-state index contributed by atoms with van der Waals surface area (Å²) in [4.78, 5) is 0. The van der Waals surface area contributed by atoms with Gasteiger partial charge in [0, 0.05) is 5.56 Å². The standard InChI is InChI=1S/C21H27N3/c1-5-7-10-17-13-14-18(15-16(17)3)19-11-8-9-12-20(19)21(6-2)23-24-22-4/h8-9,11-15H,5-7,10H2,1-4H3. The number of benzene rings is 2. The summed E-state index contributed by atoms with van der Waals surface area (Å²) < 4.78 is 0. The molecule has 24 heavy (non-hydrogen) atoms. The number of hydrogen-bond donors (Lipinski definition) is 0. The molecule has 0 aliphatic heterocycles. The molecule has 0 aromatic heterocycles. The van der Waals surface area contributed by atoms with Gasteiger partial charge < -0.3 is 0 Å². The summed E-state index contributed by atoms with van der Waals surface area (Å²) in [6.45, 7) is 6.54. The molecule has 2 rings (SSSR count). The maximum Gasteiger partial charge on any atom is 0.0724 e. The van der Waals surface area contributed by atoms with Crippen molar-refractivity contribution in [2.45, 2.75) is 46.5 Å². The first-order valence-corrected chi connectivity index (χ1v) is 8.76. The third kappa shape index (κ3) is 4.38. The van der Waals surface area contributed by atoms with Crippen molar-refractivity contribution in [3.8, 4) is 11.1 Å². The van der Waals surface area contributed by atoms with Gasteiger partial charge in [-0.05, 0) is 53.7 Å². The molecule has 2 aromatic carbocycles. The molecule has 3 heteroatoms. The van der Waals surface area contributed by atoms with Crippen molar-refractivity contribution >= 4 is 5.71 Å². The first-order valence-electron chi connectivity index (χ1n) is 8.76. The van der Waals surface area contributed by atoms with E-state index in [2.05, 4.69) is 78.7 Å². The Hall–Kier alpha value is -2.29. The second-order valence-electron chi connectivity index (χ2n) is 5.98. The Morgan fingerprint density at radius 2 is 1.83 bits per heavy atom. The molecule has 0 fully saturated rings. The maximum atomic E-state index is 4.27. The van der Waals surface area contributed by atoms with Gasteiger partial charge in [-0.2, -0.15) is 5.11 Å². The molecule has 0 N–H and O–H groups in total. The van der Waals surface area contributed by atoms with Crippen LogP contribution in [0.1, 0.15) is 49.8 Å². The van der Waals surface area contributed by atoms with E-state index in [1.807, 2.05) is 0 Å². The second-order valence-corrected chi connectivity index (χ2v) is 5.98. The van der Waals surface area contributed by atoms with E-state index in [9.17, 15) is 0 Å². The second kappa shape index (κ2) is 9.11. The lowest BCUT2D eigenvalue weighted by atomic mass is 9.92. The van der Waals surface area contributed by atoms with E-state index in [0.717, 1.165) is 24.1 Å². The highest BCUT2D eigenvalue weighted by molar-refractivity contribution is 6.05. The van der Waals surface area contributed by atoms with Crippen LogP contribution in [0.15, 0.2) is 57.9 Å². The van der Waals surface area contributed by atoms with E-state index in [1.165, 1.54) is 35.1 Å². The average molecular weight is 321 g/mol. The summed E-state index contributed by atoms with van der Waals surface area (Å²) in [7, 11) is 1.64. The fourth-order valence-corrected chi connectivity index (χ4v) is 2.91. The lowest BCUT2D eigenvalue weighted by Gasteiger charge is -2.13. The first-order chi connectivity index (χ1) is 11.7. The number of hydrogen-bond acceptors (Lipinski definition) is 2. The van der Waals surface area contributed by atoms with Crippen molar-refractivity contribution in [3.63, 3.8) is 0 Å². The molecule has 126 valence electrons. The molecule has 0 saturated heterocycles. The predicted molar refractivity (Wildman–Crippen MR) is 103 cm³/mol. The van der Waals surface area contributed by atoms with Crippen molar-refractivity contribution in [2.24, 2.45) is 15.4 Å². The molecule has 0 saturated carbocycles. The van der Waals surface area contributed by atoms with Crippen LogP contribution in [0.25, 0.3) is 11.1 Å². The molecular formula is C21H27N3. The van der Waals surface area contributed by atoms with E-state index in [0.29, 0.717) is 0 Å². The van der Waals surface area contributed by atoms with Gasteiger partial charge in [-0.1, -0.05) is 62.7 Å². The highest BCUT2D eigenvalue weighted by Gasteiger charge is 2.10. The Morgan fingerprint density at radius 3 is 2.50 bits per heavy atom. The minimum atomic E-state index is 0.823. The molecular weight excluding hydrogens is 294 g/mol. The van der Waals surface area contributed by atoms with Gasteiger partial charge in [0.15, 0.2) is 0 Å². The Morgan fingerprint density at radius 1 is 1.04 bits per heavy atom. The summed E-state index contributed by atoms with van der Waals surface area (Å²) in [5.41, 5.74) is 7.34. The molecule has 0 amide bonds. The van der Waals surface area contributed by atoms with Gasteiger partial charge in [0.2, 0.25) is 0 Å². The lowest BCUT2D eigenvalue weighted by Crippen LogP contribution is -2.01. The molecule has 0 aliphatic rings. The summed E-state index contributed by atoms with van der Waals surface area (Å²) in [5.74, 6) is 0. The third-order valence-electron chi connectivity index (χ3n) is 4.28. The van der Waals surface area contributed by atoms with Crippen LogP contribution in [0.3, 0.4) is 0 Å². The van der Waals surface area contributed by atoms with E-state index in [4.69, 9.17) is 0 Å². The van der Waals surface area contributed by atoms with Crippen molar-refractivity contribution in [3.05, 3.63) is 59.2 Å². The van der Waals surface area contributed by atoms with Crippen molar-refractivity contribution < 1.29 is 0 Å². The highest BCUT2D eigenvalue weighted by Crippen LogP contribution is 2.27. The molecule has 0 aliphatic carbocycles. The topological polar surface area (TPSA) is 37.1 Å². The molecule has 0 atom stereocenters. The van der Waals surface area contributed by atoms with Gasteiger partial charge in [0.25, 0.3) is 0 Å². The zero-order valence-corrected chi connectivity index (χ0v) is 15.2. The number of rotatable bonds is 7. The fourth-order valence-electron chi connectivity index (χ4n) is 2.91. The third-order valence-corrected chi connectivity index (χ3v) is 4.28. The van der Waals surface area contributed by atoms with Crippen molar-refractivity contribution in [1.29, 1.82) is 0 Å². The molecule has 0 spiro atoms. The van der Waals surface area contributed by atoms with Crippen LogP contribution in [0, 0.1) is 6.92 Å². The highest BCUT2D eigenvalue weighted by atomic mass is 15.4. The van der Waals surface area contributed by atoms with Crippen LogP contribution >= 0.6 is 0 Å². The molecule has 2 aromatic rings. The van der Waals surface area contributed by atoms with Crippen LogP contribution in [0.4, 0.5) is 0 Å². The lowest BCUT2D eigenvalue weighted by molar-refractivity contribution is 0.791. The zero-order chi connectivity index (χ0) is 17.4. The number of nitrogens with zero attached hydrogens (tertiary/aromatic N) is 3. The number of aryl methyl sites for hydroxylation is 2. The average Bonchev–Trinajstić information content (AvgIpc) is 2.61. The van der Waals surface area contributed by atoms with Crippen LogP contribution in [-0.2, 0) is 6.42 Å². The summed E-state index contributed by atoms with van der Waals surface area (Å²) in [6.07, 6.45) is 4.45. The smallest absolute Gasteiger partial charge is 0.0724 e. The fraction of sp³-hybridized carbons (Fsp3) is 0.381. The van der Waals surface area contributed by atoms with E-state index in [-0.39, 0.29) is 0 Å². The first kappa shape index (κ1) is 18.1. The summed E-state index contributed by atoms with van der Waals surface area (Å²) in [5, 5.41) is 11.8. The minimum absolute atomic E-state index is 0.823. The van der Waals surface area contributed by atoms with E-state index >= 15 is 0 Å². The van der Waals surface area contributed by atoms with E-state index < -0.39 is 0 Å². The summed E-state index contributed by atoms with van der Waals surface area (Å²) in [6, 6.07) is 15.2. The van der Waals surface area contributed by atoms with Crippen molar-refractivity contribution in [1.82, 2.24) is 0 Å². The Labute approximate surface area is 145 Å². The Bertz CT molecular complexity index is 730. The largest absolute Gasteiger partial charge is 0.172 e. The van der Waals surface area contributed by atoms with Gasteiger partial charge >= 0.3 is 0 Å².